The number of ketones is 1. The molecule has 2 unspecified atom stereocenters. The van der Waals surface area contributed by atoms with E-state index in [9.17, 15) is 35.9 Å². The van der Waals surface area contributed by atoms with Gasteiger partial charge in [-0.3, -0.25) is 9.59 Å². The van der Waals surface area contributed by atoms with Crippen LogP contribution in [0.2, 0.25) is 0 Å². The van der Waals surface area contributed by atoms with E-state index in [4.69, 9.17) is 9.36 Å². The number of rotatable bonds is 8. The minimum atomic E-state index is -4.95. The number of fused-ring (bicyclic) bond motifs is 1. The lowest BCUT2D eigenvalue weighted by atomic mass is 9.79. The van der Waals surface area contributed by atoms with Gasteiger partial charge in [0.05, 0.1) is 11.1 Å². The Morgan fingerprint density at radius 1 is 0.925 bits per heavy atom. The zero-order valence-electron chi connectivity index (χ0n) is 20.5. The van der Waals surface area contributed by atoms with E-state index < -0.39 is 29.4 Å². The molecule has 212 valence electrons. The summed E-state index contributed by atoms with van der Waals surface area (Å²) >= 11 is 1.98. The third kappa shape index (κ3) is 7.52. The predicted octanol–water partition coefficient (Wildman–Crippen LogP) is 7.90. The van der Waals surface area contributed by atoms with Crippen molar-refractivity contribution in [2.75, 3.05) is 0 Å². The van der Waals surface area contributed by atoms with E-state index in [1.54, 1.807) is 42.5 Å². The smallest absolute Gasteiger partial charge is 0.416 e. The number of carbonyl (C=O) groups is 2. The highest BCUT2D eigenvalue weighted by atomic mass is 127. The maximum atomic E-state index is 13.2. The molecule has 40 heavy (non-hydrogen) atoms. The van der Waals surface area contributed by atoms with Crippen molar-refractivity contribution in [3.63, 3.8) is 0 Å². The molecule has 1 aliphatic rings. The third-order valence-corrected chi connectivity index (χ3v) is 7.25. The molecule has 0 saturated heterocycles. The summed E-state index contributed by atoms with van der Waals surface area (Å²) in [4.78, 5) is 25.0. The molecule has 1 N–H and O–H groups in total. The summed E-state index contributed by atoms with van der Waals surface area (Å²) in [6.07, 6.45) is -9.44. The van der Waals surface area contributed by atoms with E-state index in [-0.39, 0.29) is 49.2 Å². The van der Waals surface area contributed by atoms with E-state index in [0.29, 0.717) is 41.0 Å². The van der Waals surface area contributed by atoms with Crippen LogP contribution in [0.15, 0.2) is 60.7 Å². The van der Waals surface area contributed by atoms with Crippen molar-refractivity contribution in [2.24, 2.45) is 5.92 Å². The van der Waals surface area contributed by atoms with Gasteiger partial charge in [0.2, 0.25) is 0 Å². The van der Waals surface area contributed by atoms with E-state index in [0.717, 1.165) is 5.56 Å². The van der Waals surface area contributed by atoms with Gasteiger partial charge in [0.25, 0.3) is 5.91 Å². The van der Waals surface area contributed by atoms with Crippen LogP contribution >= 0.6 is 28.5 Å². The van der Waals surface area contributed by atoms with Crippen molar-refractivity contribution in [1.82, 2.24) is 5.48 Å². The van der Waals surface area contributed by atoms with Gasteiger partial charge in [0.1, 0.15) is 18.8 Å². The molecule has 3 aromatic rings. The van der Waals surface area contributed by atoms with E-state index >= 15 is 0 Å². The average molecular weight is 695 g/mol. The van der Waals surface area contributed by atoms with Gasteiger partial charge in [-0.15, -0.1) is 0 Å². The Balaban J connectivity index is 1.43. The van der Waals surface area contributed by atoms with Crippen molar-refractivity contribution in [3.05, 3.63) is 99.6 Å². The summed E-state index contributed by atoms with van der Waals surface area (Å²) in [5.74, 6) is -0.957. The van der Waals surface area contributed by atoms with E-state index in [1.165, 1.54) is 0 Å². The summed E-state index contributed by atoms with van der Waals surface area (Å²) < 4.78 is 90.0. The summed E-state index contributed by atoms with van der Waals surface area (Å²) in [5, 5.41) is 0. The number of halogens is 7. The second-order valence-electron chi connectivity index (χ2n) is 9.13. The minimum Gasteiger partial charge on any atom is -0.489 e. The lowest BCUT2D eigenvalue weighted by Gasteiger charge is -2.24. The van der Waals surface area contributed by atoms with Gasteiger partial charge in [-0.1, -0.05) is 12.1 Å². The molecule has 2 atom stereocenters. The molecule has 3 aromatic carbocycles. The van der Waals surface area contributed by atoms with Crippen molar-refractivity contribution >= 4 is 40.2 Å². The van der Waals surface area contributed by atoms with Gasteiger partial charge in [-0.2, -0.15) is 26.3 Å². The second kappa shape index (κ2) is 12.4. The van der Waals surface area contributed by atoms with Crippen LogP contribution in [-0.4, -0.2) is 11.7 Å². The number of amides is 1. The normalized spacial score (nSPS) is 15.8. The maximum Gasteiger partial charge on any atom is 0.416 e. The summed E-state index contributed by atoms with van der Waals surface area (Å²) in [7, 11) is 0. The summed E-state index contributed by atoms with van der Waals surface area (Å²) in [6.45, 7) is 0.280. The number of carbonyl (C=O) groups excluding carboxylic acids is 2. The fourth-order valence-corrected chi connectivity index (χ4v) is 4.91. The number of hydrogen-bond donors (Lipinski definition) is 1. The Bertz CT molecular complexity index is 1360. The first-order valence-electron chi connectivity index (χ1n) is 11.8. The number of alkyl halides is 6. The largest absolute Gasteiger partial charge is 0.489 e. The number of benzene rings is 3. The zero-order chi connectivity index (χ0) is 29.1. The monoisotopic (exact) mass is 695 g/mol. The molecule has 0 bridgehead atoms. The predicted molar refractivity (Wildman–Crippen MR) is 144 cm³/mol. The van der Waals surface area contributed by atoms with Crippen LogP contribution in [0.3, 0.4) is 0 Å². The Morgan fingerprint density at radius 2 is 1.57 bits per heavy atom. The third-order valence-electron chi connectivity index (χ3n) is 6.41. The van der Waals surface area contributed by atoms with Crippen molar-refractivity contribution in [1.29, 1.82) is 0 Å². The molecule has 0 spiro atoms. The highest BCUT2D eigenvalue weighted by Crippen LogP contribution is 2.38. The maximum absolute atomic E-state index is 13.2. The average Bonchev–Trinajstić information content (AvgIpc) is 2.91. The molecular formula is C27H21F6INO4P. The SMILES string of the molecule is O=C(NOPI)c1ccc(COc2ccc3c(c2)CCC(Cc2cc(C(F)(F)F)cc(C(F)(F)F)c2)C3=O)cc1. The van der Waals surface area contributed by atoms with Crippen LogP contribution in [0.5, 0.6) is 5.75 Å². The number of hydrogen-bond acceptors (Lipinski definition) is 4. The Morgan fingerprint density at radius 3 is 2.17 bits per heavy atom. The highest BCUT2D eigenvalue weighted by Gasteiger charge is 2.37. The number of nitrogens with one attached hydrogen (secondary N) is 1. The summed E-state index contributed by atoms with van der Waals surface area (Å²) in [6, 6.07) is 13.0. The highest BCUT2D eigenvalue weighted by molar-refractivity contribution is 14.2. The molecule has 1 amide bonds. The standard InChI is InChI=1S/C27H21F6INO4P/c28-26(29,30)20-10-16(11-21(13-20)27(31,32)33)9-19-6-5-18-12-22(7-8-23(18)24(19)36)38-14-15-1-3-17(4-2-15)25(37)35-39-40-34/h1-4,7-8,10-13,19,40H,5-6,9,14H2,(H,35,37). The molecule has 0 fully saturated rings. The minimum absolute atomic E-state index is 0.0800. The quantitative estimate of drug-likeness (QED) is 0.113. The number of Topliss-reactive ketones (excluding diaryl/α,β-unsaturated/α-hetero) is 1. The van der Waals surface area contributed by atoms with Crippen molar-refractivity contribution in [2.45, 2.75) is 38.2 Å². The van der Waals surface area contributed by atoms with E-state index in [2.05, 4.69) is 5.48 Å². The number of hydroxylamine groups is 1. The molecule has 0 radical (unpaired) electrons. The van der Waals surface area contributed by atoms with Crippen LogP contribution in [-0.2, 0) is 36.4 Å². The molecule has 0 aliphatic heterocycles. The second-order valence-corrected chi connectivity index (χ2v) is 10.8. The number of aryl methyl sites for hydroxylation is 1. The summed E-state index contributed by atoms with van der Waals surface area (Å²) in [5.41, 5.74) is 1.60. The molecule has 0 saturated carbocycles. The lowest BCUT2D eigenvalue weighted by molar-refractivity contribution is -0.143. The van der Waals surface area contributed by atoms with Gasteiger partial charge >= 0.3 is 12.4 Å². The van der Waals surface area contributed by atoms with E-state index in [1.807, 2.05) is 22.0 Å². The fraction of sp³-hybridized carbons (Fsp3) is 0.259. The lowest BCUT2D eigenvalue weighted by Crippen LogP contribution is -2.25. The zero-order valence-corrected chi connectivity index (χ0v) is 23.6. The van der Waals surface area contributed by atoms with Crippen LogP contribution < -0.4 is 10.2 Å². The molecule has 5 nitrogen and oxygen atoms in total. The molecule has 4 rings (SSSR count). The molecule has 1 aliphatic carbocycles. The molecule has 13 heteroatoms. The van der Waals surface area contributed by atoms with Gasteiger partial charge < -0.3 is 4.74 Å². The topological polar surface area (TPSA) is 64.6 Å². The van der Waals surface area contributed by atoms with Gasteiger partial charge in [0, 0.05) is 17.0 Å². The van der Waals surface area contributed by atoms with Crippen LogP contribution in [0.1, 0.15) is 55.0 Å². The van der Waals surface area contributed by atoms with Crippen molar-refractivity contribution < 1.29 is 45.3 Å². The first-order valence-corrected chi connectivity index (χ1v) is 15.9. The Hall–Kier alpha value is -2.70. The molecular weight excluding hydrogens is 674 g/mol. The van der Waals surface area contributed by atoms with Crippen LogP contribution in [0.25, 0.3) is 0 Å². The number of ether oxygens (including phenoxy) is 1. The fourth-order valence-electron chi connectivity index (χ4n) is 4.45. The van der Waals surface area contributed by atoms with Gasteiger partial charge in [0.15, 0.2) is 5.78 Å². The first-order chi connectivity index (χ1) is 18.8. The van der Waals surface area contributed by atoms with Gasteiger partial charge in [-0.25, -0.2) is 10.1 Å². The Labute approximate surface area is 239 Å². The van der Waals surface area contributed by atoms with Crippen molar-refractivity contribution in [3.8, 4) is 5.75 Å². The van der Waals surface area contributed by atoms with Gasteiger partial charge in [-0.05, 0) is 107 Å². The first kappa shape index (κ1) is 30.3. The Kier molecular flexibility index (Phi) is 9.41. The van der Waals surface area contributed by atoms with Crippen LogP contribution in [0.4, 0.5) is 26.3 Å². The molecule has 0 aromatic heterocycles. The molecule has 0 heterocycles. The van der Waals surface area contributed by atoms with Crippen LogP contribution in [0, 0.1) is 5.92 Å².